The summed E-state index contributed by atoms with van der Waals surface area (Å²) in [6.45, 7) is 4.38. The van der Waals surface area contributed by atoms with Crippen LogP contribution >= 0.6 is 0 Å². The molecular weight excluding hydrogens is 737 g/mol. The van der Waals surface area contributed by atoms with Crippen molar-refractivity contribution in [3.8, 4) is 78.8 Å². The molecule has 0 atom stereocenters. The van der Waals surface area contributed by atoms with E-state index >= 15 is 0 Å². The Morgan fingerprint density at radius 1 is 0.400 bits per heavy atom. The minimum absolute atomic E-state index is 0.134. The Morgan fingerprint density at radius 2 is 0.783 bits per heavy atom. The summed E-state index contributed by atoms with van der Waals surface area (Å²) in [6.07, 6.45) is 9.35. The van der Waals surface area contributed by atoms with Gasteiger partial charge in [-0.2, -0.15) is 0 Å². The van der Waals surface area contributed by atoms with Gasteiger partial charge in [0.05, 0.1) is 33.8 Å². The van der Waals surface area contributed by atoms with E-state index in [9.17, 15) is 10.2 Å². The Morgan fingerprint density at radius 3 is 1.15 bits per heavy atom. The van der Waals surface area contributed by atoms with E-state index in [1.54, 1.807) is 12.4 Å². The predicted molar refractivity (Wildman–Crippen MR) is 246 cm³/mol. The molecule has 4 aromatic heterocycles. The van der Waals surface area contributed by atoms with Crippen molar-refractivity contribution in [2.24, 2.45) is 0 Å². The molecule has 0 amide bonds. The van der Waals surface area contributed by atoms with Crippen LogP contribution in [0, 0.1) is 0 Å². The zero-order chi connectivity index (χ0) is 41.0. The van der Waals surface area contributed by atoms with Gasteiger partial charge in [-0.25, -0.2) is 9.97 Å². The van der Waals surface area contributed by atoms with Gasteiger partial charge in [0, 0.05) is 45.4 Å². The van der Waals surface area contributed by atoms with Crippen LogP contribution in [0.3, 0.4) is 0 Å². The third-order valence-electron chi connectivity index (χ3n) is 11.3. The largest absolute Gasteiger partial charge is 0.507 e. The number of unbranched alkanes of at least 4 members (excludes halogenated alkanes) is 2. The lowest BCUT2D eigenvalue weighted by molar-refractivity contribution is 0.478. The van der Waals surface area contributed by atoms with Crippen molar-refractivity contribution in [1.29, 1.82) is 0 Å². The molecule has 5 aromatic carbocycles. The van der Waals surface area contributed by atoms with Gasteiger partial charge < -0.3 is 10.2 Å². The summed E-state index contributed by atoms with van der Waals surface area (Å²) in [5, 5.41) is 26.2. The van der Waals surface area contributed by atoms with Gasteiger partial charge in [0.2, 0.25) is 0 Å². The summed E-state index contributed by atoms with van der Waals surface area (Å²) in [5.41, 5.74) is 12.9. The van der Waals surface area contributed by atoms with Gasteiger partial charge in [-0.1, -0.05) is 112 Å². The number of rotatable bonds is 12. The third-order valence-corrected chi connectivity index (χ3v) is 11.3. The molecule has 0 saturated heterocycles. The van der Waals surface area contributed by atoms with Gasteiger partial charge in [0.1, 0.15) is 11.5 Å². The summed E-state index contributed by atoms with van der Waals surface area (Å²) < 4.78 is 0. The second kappa shape index (κ2) is 17.0. The van der Waals surface area contributed by atoms with Gasteiger partial charge in [0.15, 0.2) is 0 Å². The van der Waals surface area contributed by atoms with Crippen molar-refractivity contribution in [3.63, 3.8) is 0 Å². The number of aromatic hydroxyl groups is 2. The summed E-state index contributed by atoms with van der Waals surface area (Å²) in [7, 11) is 0. The van der Waals surface area contributed by atoms with Crippen molar-refractivity contribution in [1.82, 2.24) is 19.9 Å². The van der Waals surface area contributed by atoms with Gasteiger partial charge >= 0.3 is 0 Å². The Hall–Kier alpha value is -7.18. The van der Waals surface area contributed by atoms with E-state index in [0.29, 0.717) is 56.1 Å². The highest BCUT2D eigenvalue weighted by molar-refractivity contribution is 6.13. The van der Waals surface area contributed by atoms with Gasteiger partial charge in [-0.3, -0.25) is 9.97 Å². The first kappa shape index (κ1) is 38.3. The van der Waals surface area contributed by atoms with Crippen LogP contribution in [-0.4, -0.2) is 30.1 Å². The molecule has 0 bridgehead atoms. The highest BCUT2D eigenvalue weighted by Crippen LogP contribution is 2.45. The summed E-state index contributed by atoms with van der Waals surface area (Å²) in [4.78, 5) is 20.2. The molecule has 9 rings (SSSR count). The van der Waals surface area contributed by atoms with E-state index in [1.807, 2.05) is 72.8 Å². The molecule has 0 spiro atoms. The van der Waals surface area contributed by atoms with E-state index in [-0.39, 0.29) is 11.5 Å². The Balaban J connectivity index is 1.37. The molecule has 0 radical (unpaired) electrons. The zero-order valence-corrected chi connectivity index (χ0v) is 33.9. The molecule has 4 heterocycles. The first-order valence-corrected chi connectivity index (χ1v) is 21.0. The average molecular weight is 783 g/mol. The monoisotopic (exact) mass is 782 g/mol. The number of phenolic OH excluding ortho intramolecular Hbond substituents is 2. The molecule has 0 fully saturated rings. The lowest BCUT2D eigenvalue weighted by Gasteiger charge is -2.18. The van der Waals surface area contributed by atoms with Crippen molar-refractivity contribution in [2.45, 2.75) is 52.4 Å². The molecule has 60 heavy (non-hydrogen) atoms. The van der Waals surface area contributed by atoms with Crippen LogP contribution in [0.4, 0.5) is 0 Å². The van der Waals surface area contributed by atoms with Crippen molar-refractivity contribution >= 4 is 21.8 Å². The molecule has 6 nitrogen and oxygen atoms in total. The van der Waals surface area contributed by atoms with Crippen LogP contribution in [0.2, 0.25) is 0 Å². The van der Waals surface area contributed by atoms with Crippen LogP contribution < -0.4 is 0 Å². The zero-order valence-electron chi connectivity index (χ0n) is 33.9. The maximum atomic E-state index is 12.2. The van der Waals surface area contributed by atoms with E-state index in [2.05, 4.69) is 96.6 Å². The molecule has 0 aliphatic heterocycles. The van der Waals surface area contributed by atoms with Crippen LogP contribution in [0.25, 0.3) is 89.1 Å². The smallest absolute Gasteiger partial charge is 0.134 e. The quantitative estimate of drug-likeness (QED) is 0.120. The number of fused-ring (bicyclic) bond motifs is 3. The lowest BCUT2D eigenvalue weighted by Crippen LogP contribution is -1.98. The maximum Gasteiger partial charge on any atom is 0.134 e. The fourth-order valence-corrected chi connectivity index (χ4v) is 8.23. The highest BCUT2D eigenvalue weighted by Gasteiger charge is 2.22. The summed E-state index contributed by atoms with van der Waals surface area (Å²) in [5.74, 6) is 0.268. The normalized spacial score (nSPS) is 11.4. The van der Waals surface area contributed by atoms with Crippen molar-refractivity contribution in [2.75, 3.05) is 0 Å². The fraction of sp³-hybridized carbons (Fsp3) is 0.148. The predicted octanol–water partition coefficient (Wildman–Crippen LogP) is 13.7. The van der Waals surface area contributed by atoms with Gasteiger partial charge in [0.25, 0.3) is 0 Å². The molecular formula is C54H46N4O2. The minimum Gasteiger partial charge on any atom is -0.507 e. The number of benzene rings is 5. The molecule has 0 unspecified atom stereocenters. The number of phenols is 2. The number of pyridine rings is 4. The number of hydrogen-bond donors (Lipinski definition) is 2. The molecule has 0 saturated carbocycles. The number of aromatic nitrogens is 4. The third kappa shape index (κ3) is 7.48. The second-order valence-corrected chi connectivity index (χ2v) is 15.4. The van der Waals surface area contributed by atoms with Crippen LogP contribution in [0.15, 0.2) is 158 Å². The first-order valence-electron chi connectivity index (χ1n) is 21.0. The minimum atomic E-state index is 0.134. The number of hydrogen-bond acceptors (Lipinski definition) is 6. The van der Waals surface area contributed by atoms with Gasteiger partial charge in [-0.15, -0.1) is 0 Å². The molecule has 6 heteroatoms. The molecule has 294 valence electrons. The number of aryl methyl sites for hydroxylation is 2. The van der Waals surface area contributed by atoms with E-state index < -0.39 is 0 Å². The maximum absolute atomic E-state index is 12.2. The van der Waals surface area contributed by atoms with E-state index in [0.717, 1.165) is 82.7 Å². The molecule has 0 aliphatic carbocycles. The molecule has 9 aromatic rings. The Kier molecular flexibility index (Phi) is 10.8. The highest BCUT2D eigenvalue weighted by atomic mass is 16.3. The van der Waals surface area contributed by atoms with Crippen LogP contribution in [-0.2, 0) is 12.8 Å². The van der Waals surface area contributed by atoms with Crippen molar-refractivity contribution in [3.05, 3.63) is 169 Å². The van der Waals surface area contributed by atoms with Gasteiger partial charge in [-0.05, 0) is 120 Å². The fourth-order valence-electron chi connectivity index (χ4n) is 8.23. The van der Waals surface area contributed by atoms with Crippen LogP contribution in [0.1, 0.15) is 50.7 Å². The average Bonchev–Trinajstić information content (AvgIpc) is 3.31. The summed E-state index contributed by atoms with van der Waals surface area (Å²) in [6, 6.07) is 48.9. The lowest BCUT2D eigenvalue weighted by atomic mass is 9.91. The summed E-state index contributed by atoms with van der Waals surface area (Å²) >= 11 is 0. The standard InChI is InChI=1S/C54H46N4O2/c1-3-5-17-35-29-43(47-23-13-15-27-55-47)53(59)45(31-35)49-33-41(37-19-9-7-10-20-37)39-25-26-40-42(38-21-11-8-12-22-38)34-50(58-52(40)51(39)57-49)46-32-36(18-6-4-2)30-44(54(46)60)48-24-14-16-28-56-48/h7-16,19-34,59-60H,3-6,17-18H2,1-2H3. The number of nitrogens with zero attached hydrogens (tertiary/aromatic N) is 4. The molecule has 0 aliphatic rings. The van der Waals surface area contributed by atoms with E-state index in [4.69, 9.17) is 9.97 Å². The topological polar surface area (TPSA) is 92.0 Å². The van der Waals surface area contributed by atoms with E-state index in [1.165, 1.54) is 0 Å². The second-order valence-electron chi connectivity index (χ2n) is 15.4. The Bertz CT molecular complexity index is 2750. The first-order chi connectivity index (χ1) is 29.5. The molecule has 2 N–H and O–H groups in total. The van der Waals surface area contributed by atoms with Crippen molar-refractivity contribution < 1.29 is 10.2 Å². The van der Waals surface area contributed by atoms with Crippen LogP contribution in [0.5, 0.6) is 11.5 Å². The Labute approximate surface area is 351 Å². The SMILES string of the molecule is CCCCc1cc(-c2ccccn2)c(O)c(-c2cc(-c3ccccc3)c3ccc4c(-c5ccccc5)cc(-c5cc(CCCC)cc(-c6ccccn6)c5O)nc4c3n2)c1.